The molecule has 0 aromatic rings. The quantitative estimate of drug-likeness (QED) is 0.488. The van der Waals surface area contributed by atoms with Gasteiger partial charge in [-0.05, 0) is 6.92 Å². The van der Waals surface area contributed by atoms with Crippen molar-refractivity contribution >= 4 is 0 Å². The Morgan fingerprint density at radius 3 is 2.12 bits per heavy atom. The van der Waals surface area contributed by atoms with Crippen LogP contribution in [0.3, 0.4) is 0 Å². The molecule has 0 atom stereocenters. The van der Waals surface area contributed by atoms with Crippen molar-refractivity contribution in [1.29, 1.82) is 0 Å². The first-order chi connectivity index (χ1) is 3.72. The molecule has 0 saturated heterocycles. The Labute approximate surface area is 47.5 Å². The van der Waals surface area contributed by atoms with Gasteiger partial charge in [0.1, 0.15) is 0 Å². The summed E-state index contributed by atoms with van der Waals surface area (Å²) in [6.45, 7) is 4.76. The molecule has 0 unspecified atom stereocenters. The molecule has 2 heteroatoms. The second-order valence-corrected chi connectivity index (χ2v) is 1.29. The van der Waals surface area contributed by atoms with Gasteiger partial charge in [0.05, 0.1) is 0 Å². The number of alkyl halides is 2. The summed E-state index contributed by atoms with van der Waals surface area (Å²) in [4.78, 5) is 0. The van der Waals surface area contributed by atoms with Gasteiger partial charge in [-0.2, -0.15) is 0 Å². The third kappa shape index (κ3) is 1.87. The highest BCUT2D eigenvalue weighted by Gasteiger charge is 2.03. The van der Waals surface area contributed by atoms with Crippen LogP contribution < -0.4 is 0 Å². The van der Waals surface area contributed by atoms with Gasteiger partial charge in [0, 0.05) is 5.57 Å². The maximum absolute atomic E-state index is 11.6. The van der Waals surface area contributed by atoms with Crippen molar-refractivity contribution < 1.29 is 8.78 Å². The molecule has 0 aliphatic carbocycles. The third-order valence-electron chi connectivity index (χ3n) is 0.821. The molecule has 0 saturated carbocycles. The Morgan fingerprint density at radius 1 is 1.62 bits per heavy atom. The molecule has 0 N–H and O–H groups in total. The van der Waals surface area contributed by atoms with E-state index in [-0.39, 0.29) is 5.57 Å². The van der Waals surface area contributed by atoms with Gasteiger partial charge >= 0.3 is 0 Å². The Hall–Kier alpha value is -0.660. The van der Waals surface area contributed by atoms with Crippen LogP contribution in [0, 0.1) is 0 Å². The van der Waals surface area contributed by atoms with Crippen molar-refractivity contribution in [2.24, 2.45) is 0 Å². The molecule has 0 aromatic carbocycles. The van der Waals surface area contributed by atoms with E-state index in [2.05, 4.69) is 6.58 Å². The highest BCUT2D eigenvalue weighted by Crippen LogP contribution is 2.07. The van der Waals surface area contributed by atoms with Crippen LogP contribution in [0.1, 0.15) is 6.92 Å². The zero-order chi connectivity index (χ0) is 6.57. The van der Waals surface area contributed by atoms with Crippen LogP contribution in [-0.4, -0.2) is 6.43 Å². The van der Waals surface area contributed by atoms with Crippen LogP contribution in [-0.2, 0) is 0 Å². The van der Waals surface area contributed by atoms with E-state index in [1.54, 1.807) is 6.92 Å². The summed E-state index contributed by atoms with van der Waals surface area (Å²) >= 11 is 0. The first-order valence-electron chi connectivity index (χ1n) is 2.29. The van der Waals surface area contributed by atoms with E-state index < -0.39 is 6.43 Å². The van der Waals surface area contributed by atoms with Crippen LogP contribution in [0.5, 0.6) is 0 Å². The molecule has 0 nitrogen and oxygen atoms in total. The average Bonchev–Trinajstić information content (AvgIpc) is 1.69. The maximum Gasteiger partial charge on any atom is 0.263 e. The number of hydrogen-bond acceptors (Lipinski definition) is 0. The lowest BCUT2D eigenvalue weighted by Gasteiger charge is -1.94. The molecule has 0 spiro atoms. The third-order valence-corrected chi connectivity index (χ3v) is 0.821. The summed E-state index contributed by atoms with van der Waals surface area (Å²) in [5, 5.41) is 0. The number of hydrogen-bond donors (Lipinski definition) is 0. The van der Waals surface area contributed by atoms with Crippen LogP contribution in [0.25, 0.3) is 0 Å². The van der Waals surface area contributed by atoms with Gasteiger partial charge in [-0.25, -0.2) is 8.78 Å². The average molecular weight is 118 g/mol. The predicted octanol–water partition coefficient (Wildman–Crippen LogP) is 2.38. The fourth-order valence-corrected chi connectivity index (χ4v) is 0.333. The largest absolute Gasteiger partial charge is 0.263 e. The van der Waals surface area contributed by atoms with E-state index in [1.807, 2.05) is 0 Å². The first kappa shape index (κ1) is 7.34. The van der Waals surface area contributed by atoms with Crippen LogP contribution in [0.15, 0.2) is 24.3 Å². The highest BCUT2D eigenvalue weighted by atomic mass is 19.3. The Bertz CT molecular complexity index is 103. The molecule has 0 radical (unpaired) electrons. The van der Waals surface area contributed by atoms with Gasteiger partial charge in [0.2, 0.25) is 0 Å². The zero-order valence-electron chi connectivity index (χ0n) is 4.70. The van der Waals surface area contributed by atoms with Crippen molar-refractivity contribution in [2.75, 3.05) is 0 Å². The molecule has 0 amide bonds. The molecular weight excluding hydrogens is 110 g/mol. The van der Waals surface area contributed by atoms with Gasteiger partial charge in [0.15, 0.2) is 0 Å². The smallest absolute Gasteiger partial charge is 0.205 e. The fraction of sp³-hybridized carbons (Fsp3) is 0.333. The second-order valence-electron chi connectivity index (χ2n) is 1.29. The van der Waals surface area contributed by atoms with Crippen molar-refractivity contribution in [2.45, 2.75) is 13.3 Å². The van der Waals surface area contributed by atoms with E-state index in [4.69, 9.17) is 0 Å². The van der Waals surface area contributed by atoms with Crippen molar-refractivity contribution in [1.82, 2.24) is 0 Å². The molecular formula is C6H8F2. The molecule has 0 rings (SSSR count). The van der Waals surface area contributed by atoms with E-state index in [9.17, 15) is 8.78 Å². The maximum atomic E-state index is 11.6. The number of rotatable bonds is 2. The minimum absolute atomic E-state index is 0.00926. The minimum Gasteiger partial charge on any atom is -0.205 e. The Morgan fingerprint density at radius 2 is 2.12 bits per heavy atom. The van der Waals surface area contributed by atoms with E-state index in [1.165, 1.54) is 6.08 Å². The lowest BCUT2D eigenvalue weighted by Crippen LogP contribution is -1.90. The molecule has 0 aromatic heterocycles. The summed E-state index contributed by atoms with van der Waals surface area (Å²) in [6.07, 6.45) is 0.125. The van der Waals surface area contributed by atoms with Crippen molar-refractivity contribution in [3.05, 3.63) is 24.3 Å². The molecule has 0 aliphatic rings. The summed E-state index contributed by atoms with van der Waals surface area (Å²) in [5.41, 5.74) is -0.00926. The summed E-state index contributed by atoms with van der Waals surface area (Å²) in [6, 6.07) is 0. The summed E-state index contributed by atoms with van der Waals surface area (Å²) < 4.78 is 23.1. The van der Waals surface area contributed by atoms with Crippen molar-refractivity contribution in [3.63, 3.8) is 0 Å². The van der Waals surface area contributed by atoms with Crippen molar-refractivity contribution in [3.8, 4) is 0 Å². The predicted molar refractivity (Wildman–Crippen MR) is 30.0 cm³/mol. The minimum atomic E-state index is -2.38. The molecule has 8 heavy (non-hydrogen) atoms. The molecule has 46 valence electrons. The Kier molecular flexibility index (Phi) is 3.08. The summed E-state index contributed by atoms with van der Waals surface area (Å²) in [5.74, 6) is 0. The highest BCUT2D eigenvalue weighted by molar-refractivity contribution is 5.17. The number of allylic oxidation sites excluding steroid dienone is 3. The second kappa shape index (κ2) is 3.36. The van der Waals surface area contributed by atoms with Crippen LogP contribution in [0.2, 0.25) is 0 Å². The van der Waals surface area contributed by atoms with E-state index in [0.717, 1.165) is 6.08 Å². The summed E-state index contributed by atoms with van der Waals surface area (Å²) in [7, 11) is 0. The number of halogens is 2. The van der Waals surface area contributed by atoms with Gasteiger partial charge in [-0.1, -0.05) is 18.7 Å². The van der Waals surface area contributed by atoms with Gasteiger partial charge < -0.3 is 0 Å². The normalized spacial score (nSPS) is 12.2. The topological polar surface area (TPSA) is 0 Å². The van der Waals surface area contributed by atoms with Crippen LogP contribution in [0.4, 0.5) is 8.78 Å². The molecule has 0 aliphatic heterocycles. The van der Waals surface area contributed by atoms with Crippen LogP contribution >= 0.6 is 0 Å². The molecule has 0 bridgehead atoms. The fourth-order valence-electron chi connectivity index (χ4n) is 0.333. The molecule has 0 heterocycles. The van der Waals surface area contributed by atoms with Gasteiger partial charge in [-0.15, -0.1) is 0 Å². The van der Waals surface area contributed by atoms with E-state index >= 15 is 0 Å². The van der Waals surface area contributed by atoms with Gasteiger partial charge in [-0.3, -0.25) is 0 Å². The van der Waals surface area contributed by atoms with Gasteiger partial charge in [0.25, 0.3) is 6.43 Å². The standard InChI is InChI=1S/C6H8F2/c1-3-5(4-2)6(7)8/h3-4,6H,1H2,2H3/b5-4-. The zero-order valence-corrected chi connectivity index (χ0v) is 4.70. The lowest BCUT2D eigenvalue weighted by molar-refractivity contribution is 0.194. The van der Waals surface area contributed by atoms with E-state index in [0.29, 0.717) is 0 Å². The molecule has 0 fully saturated rings. The Balaban J connectivity index is 3.91. The lowest BCUT2D eigenvalue weighted by atomic mass is 10.3. The monoisotopic (exact) mass is 118 g/mol. The SMILES string of the molecule is C=C/C(=C/C)C(F)F. The first-order valence-corrected chi connectivity index (χ1v) is 2.29.